The zero-order valence-corrected chi connectivity index (χ0v) is 14.9. The Morgan fingerprint density at radius 1 is 0.938 bits per heavy atom. The first-order valence-electron chi connectivity index (χ1n) is 6.11. The predicted octanol–water partition coefficient (Wildman–Crippen LogP) is 3.91. The molecule has 0 bridgehead atoms. The molecule has 2 heteroatoms. The first-order chi connectivity index (χ1) is 7.34. The molecule has 0 amide bonds. The van der Waals surface area contributed by atoms with Crippen LogP contribution in [0.15, 0.2) is 24.3 Å². The maximum atomic E-state index is 9.55. The van der Waals surface area contributed by atoms with Gasteiger partial charge in [0.05, 0.1) is 0 Å². The van der Waals surface area contributed by atoms with Crippen LogP contribution in [0.1, 0.15) is 51.0 Å². The maximum Gasteiger partial charge on any atom is 0.118 e. The van der Waals surface area contributed by atoms with Crippen LogP contribution < -0.4 is 0 Å². The van der Waals surface area contributed by atoms with Crippen LogP contribution in [0.5, 0.6) is 5.75 Å². The van der Waals surface area contributed by atoms with Gasteiger partial charge in [-0.05, 0) is 24.5 Å². The molecule has 0 aliphatic carbocycles. The molecular weight excluding hydrogens is 321 g/mol. The van der Waals surface area contributed by atoms with E-state index in [1.54, 1.807) is 6.07 Å². The summed E-state index contributed by atoms with van der Waals surface area (Å²) in [6, 6.07) is 7.65. The number of rotatable bonds is 7. The van der Waals surface area contributed by atoms with Crippen LogP contribution in [-0.4, -0.2) is 54.0 Å². The third-order valence-electron chi connectivity index (χ3n) is 2.79. The van der Waals surface area contributed by atoms with Gasteiger partial charge in [0.1, 0.15) is 5.75 Å². The fourth-order valence-electron chi connectivity index (χ4n) is 1.82. The fourth-order valence-corrected chi connectivity index (χ4v) is 1.82. The Kier molecular flexibility index (Phi) is 11.1. The van der Waals surface area contributed by atoms with E-state index in [1.165, 1.54) is 38.5 Å². The third-order valence-corrected chi connectivity index (χ3v) is 2.79. The van der Waals surface area contributed by atoms with Crippen molar-refractivity contribution in [1.29, 1.82) is 0 Å². The van der Waals surface area contributed by atoms with Crippen LogP contribution in [0, 0.1) is 0 Å². The van der Waals surface area contributed by atoms with E-state index in [2.05, 4.69) is 6.92 Å². The molecule has 1 aromatic rings. The maximum absolute atomic E-state index is 9.55. The Labute approximate surface area is 140 Å². The average Bonchev–Trinajstić information content (AvgIpc) is 2.25. The summed E-state index contributed by atoms with van der Waals surface area (Å²) in [6.45, 7) is 2.24. The smallest absolute Gasteiger partial charge is 0.118 e. The molecule has 2 radical (unpaired) electrons. The van der Waals surface area contributed by atoms with Crippen LogP contribution in [0.4, 0.5) is 0 Å². The molecule has 0 atom stereocenters. The topological polar surface area (TPSA) is 20.2 Å². The molecule has 16 heavy (non-hydrogen) atoms. The molecular formula is C14H22BaO. The zero-order chi connectivity index (χ0) is 10.9. The summed E-state index contributed by atoms with van der Waals surface area (Å²) in [5.41, 5.74) is 1.09. The minimum atomic E-state index is 0. The number of phenolic OH excluding ortho intramolecular Hbond substituents is 1. The van der Waals surface area contributed by atoms with E-state index >= 15 is 0 Å². The van der Waals surface area contributed by atoms with Crippen LogP contribution in [0.25, 0.3) is 0 Å². The second kappa shape index (κ2) is 10.7. The van der Waals surface area contributed by atoms with Crippen molar-refractivity contribution in [2.75, 3.05) is 0 Å². The first-order valence-corrected chi connectivity index (χ1v) is 6.11. The molecule has 0 aromatic heterocycles. The summed E-state index contributed by atoms with van der Waals surface area (Å²) in [6.07, 6.45) is 8.85. The van der Waals surface area contributed by atoms with Crippen molar-refractivity contribution in [2.45, 2.75) is 51.9 Å². The number of hydrogen-bond donors (Lipinski definition) is 1. The van der Waals surface area contributed by atoms with Crippen LogP contribution in [0.3, 0.4) is 0 Å². The van der Waals surface area contributed by atoms with Gasteiger partial charge < -0.3 is 5.11 Å². The number of hydrogen-bond acceptors (Lipinski definition) is 1. The number of benzene rings is 1. The summed E-state index contributed by atoms with van der Waals surface area (Å²) < 4.78 is 0. The van der Waals surface area contributed by atoms with Crippen molar-refractivity contribution in [3.05, 3.63) is 29.8 Å². The molecule has 1 aromatic carbocycles. The van der Waals surface area contributed by atoms with Crippen molar-refractivity contribution in [3.8, 4) is 5.75 Å². The van der Waals surface area contributed by atoms with E-state index in [0.717, 1.165) is 12.0 Å². The van der Waals surface area contributed by atoms with Crippen molar-refractivity contribution >= 4 is 48.9 Å². The van der Waals surface area contributed by atoms with Crippen LogP contribution in [-0.2, 0) is 6.42 Å². The Balaban J connectivity index is 0.00000225. The number of para-hydroxylation sites is 1. The van der Waals surface area contributed by atoms with E-state index in [1.807, 2.05) is 18.2 Å². The Morgan fingerprint density at radius 2 is 1.56 bits per heavy atom. The number of aryl methyl sites for hydroxylation is 1. The minimum Gasteiger partial charge on any atom is -0.508 e. The second-order valence-electron chi connectivity index (χ2n) is 4.15. The van der Waals surface area contributed by atoms with E-state index in [-0.39, 0.29) is 48.9 Å². The Bertz CT molecular complexity index is 273. The molecule has 0 spiro atoms. The van der Waals surface area contributed by atoms with E-state index < -0.39 is 0 Å². The molecule has 0 unspecified atom stereocenters. The third kappa shape index (κ3) is 7.02. The normalized spacial score (nSPS) is 9.81. The van der Waals surface area contributed by atoms with Gasteiger partial charge in [-0.15, -0.1) is 0 Å². The van der Waals surface area contributed by atoms with Gasteiger partial charge in [0.2, 0.25) is 0 Å². The van der Waals surface area contributed by atoms with Crippen molar-refractivity contribution in [1.82, 2.24) is 0 Å². The second-order valence-corrected chi connectivity index (χ2v) is 4.15. The molecule has 0 saturated carbocycles. The number of phenols is 1. The molecule has 1 N–H and O–H groups in total. The Morgan fingerprint density at radius 3 is 2.25 bits per heavy atom. The average molecular weight is 344 g/mol. The number of aromatic hydroxyl groups is 1. The largest absolute Gasteiger partial charge is 0.508 e. The SMILES string of the molecule is CCCCCCCCc1ccccc1O.[Ba]. The van der Waals surface area contributed by atoms with Gasteiger partial charge in [-0.1, -0.05) is 57.2 Å². The van der Waals surface area contributed by atoms with Gasteiger partial charge in [-0.3, -0.25) is 0 Å². The summed E-state index contributed by atoms with van der Waals surface area (Å²) >= 11 is 0. The molecule has 0 aliphatic heterocycles. The van der Waals surface area contributed by atoms with Gasteiger partial charge in [0.25, 0.3) is 0 Å². The predicted molar refractivity (Wildman–Crippen MR) is 70.9 cm³/mol. The van der Waals surface area contributed by atoms with E-state index in [0.29, 0.717) is 5.75 Å². The first kappa shape index (κ1) is 16.6. The standard InChI is InChI=1S/C14H22O.Ba/c1-2-3-4-5-6-7-10-13-11-8-9-12-14(13)15;/h8-9,11-12,15H,2-7,10H2,1H3;. The molecule has 0 heterocycles. The van der Waals surface area contributed by atoms with E-state index in [9.17, 15) is 5.11 Å². The van der Waals surface area contributed by atoms with Gasteiger partial charge in [0, 0.05) is 48.9 Å². The molecule has 0 fully saturated rings. The molecule has 86 valence electrons. The van der Waals surface area contributed by atoms with Crippen LogP contribution in [0.2, 0.25) is 0 Å². The monoisotopic (exact) mass is 344 g/mol. The molecule has 1 nitrogen and oxygen atoms in total. The van der Waals surface area contributed by atoms with Gasteiger partial charge in [0.15, 0.2) is 0 Å². The molecule has 0 aliphatic rings. The minimum absolute atomic E-state index is 0. The van der Waals surface area contributed by atoms with Crippen molar-refractivity contribution in [3.63, 3.8) is 0 Å². The van der Waals surface area contributed by atoms with E-state index in [4.69, 9.17) is 0 Å². The van der Waals surface area contributed by atoms with Gasteiger partial charge >= 0.3 is 0 Å². The molecule has 1 rings (SSSR count). The van der Waals surface area contributed by atoms with Gasteiger partial charge in [-0.25, -0.2) is 0 Å². The summed E-state index contributed by atoms with van der Waals surface area (Å²) in [5.74, 6) is 0.450. The Hall–Kier alpha value is 0.591. The zero-order valence-electron chi connectivity index (χ0n) is 10.4. The summed E-state index contributed by atoms with van der Waals surface area (Å²) in [5, 5.41) is 9.55. The number of unbranched alkanes of at least 4 members (excludes halogenated alkanes) is 5. The summed E-state index contributed by atoms with van der Waals surface area (Å²) in [7, 11) is 0. The van der Waals surface area contributed by atoms with Gasteiger partial charge in [-0.2, -0.15) is 0 Å². The van der Waals surface area contributed by atoms with Crippen molar-refractivity contribution < 1.29 is 5.11 Å². The van der Waals surface area contributed by atoms with Crippen molar-refractivity contribution in [2.24, 2.45) is 0 Å². The fraction of sp³-hybridized carbons (Fsp3) is 0.571. The molecule has 0 saturated heterocycles. The van der Waals surface area contributed by atoms with Crippen LogP contribution >= 0.6 is 0 Å². The quantitative estimate of drug-likeness (QED) is 0.588. The summed E-state index contributed by atoms with van der Waals surface area (Å²) in [4.78, 5) is 0.